The number of para-hydroxylation sites is 1. The van der Waals surface area contributed by atoms with Crippen molar-refractivity contribution in [3.8, 4) is 41.9 Å². The molecule has 0 fully saturated rings. The minimum atomic E-state index is -0.0182. The Morgan fingerprint density at radius 1 is 0.745 bits per heavy atom. The number of terminal acetylenes is 1. The number of benzene rings is 5. The highest BCUT2D eigenvalue weighted by molar-refractivity contribution is 6.09. The first-order valence-corrected chi connectivity index (χ1v) is 16.7. The fraction of sp³-hybridized carbons (Fsp3) is 0.0652. The first-order valence-electron chi connectivity index (χ1n) is 16.7. The lowest BCUT2D eigenvalue weighted by atomic mass is 9.85. The Bertz CT molecular complexity index is 2840. The SMILES string of the molecule is C#C/C=C\c1c(C)n(-c2ccc(C#N)cc2C2C=C(c3cccc(-n4c5ccccc5c5cc(C#N)ccc54)c3)C=CC2)c2cccc(C#N)c12. The Balaban J connectivity index is 1.27. The van der Waals surface area contributed by atoms with Gasteiger partial charge < -0.3 is 9.13 Å². The van der Waals surface area contributed by atoms with E-state index in [1.807, 2.05) is 79.7 Å². The third-order valence-corrected chi connectivity index (χ3v) is 9.85. The Morgan fingerprint density at radius 2 is 1.51 bits per heavy atom. The van der Waals surface area contributed by atoms with E-state index in [-0.39, 0.29) is 5.92 Å². The van der Waals surface area contributed by atoms with Gasteiger partial charge in [-0.2, -0.15) is 15.8 Å². The van der Waals surface area contributed by atoms with E-state index < -0.39 is 0 Å². The summed E-state index contributed by atoms with van der Waals surface area (Å²) in [4.78, 5) is 0. The minimum absolute atomic E-state index is 0.0182. The normalized spacial score (nSPS) is 14.0. The summed E-state index contributed by atoms with van der Waals surface area (Å²) < 4.78 is 4.45. The van der Waals surface area contributed by atoms with Crippen molar-refractivity contribution in [3.63, 3.8) is 0 Å². The molecule has 7 aromatic rings. The van der Waals surface area contributed by atoms with Crippen molar-refractivity contribution >= 4 is 44.4 Å². The predicted octanol–water partition coefficient (Wildman–Crippen LogP) is 10.4. The molecule has 8 rings (SSSR count). The van der Waals surface area contributed by atoms with Crippen LogP contribution in [-0.4, -0.2) is 9.13 Å². The zero-order valence-corrected chi connectivity index (χ0v) is 27.8. The predicted molar refractivity (Wildman–Crippen MR) is 205 cm³/mol. The Labute approximate surface area is 296 Å². The molecular formula is C46H29N5. The summed E-state index contributed by atoms with van der Waals surface area (Å²) in [5.74, 6) is 2.57. The molecule has 238 valence electrons. The van der Waals surface area contributed by atoms with E-state index in [4.69, 9.17) is 6.42 Å². The van der Waals surface area contributed by atoms with Gasteiger partial charge in [0.25, 0.3) is 0 Å². The fourth-order valence-corrected chi connectivity index (χ4v) is 7.59. The number of rotatable bonds is 5. The summed E-state index contributed by atoms with van der Waals surface area (Å²) in [5.41, 5.74) is 11.9. The number of nitrogens with zero attached hydrogens (tertiary/aromatic N) is 5. The summed E-state index contributed by atoms with van der Waals surface area (Å²) in [7, 11) is 0. The molecule has 0 saturated carbocycles. The summed E-state index contributed by atoms with van der Waals surface area (Å²) >= 11 is 0. The van der Waals surface area contributed by atoms with E-state index in [2.05, 4.69) is 87.9 Å². The Hall–Kier alpha value is -7.31. The monoisotopic (exact) mass is 651 g/mol. The van der Waals surface area contributed by atoms with Crippen LogP contribution in [0.5, 0.6) is 0 Å². The quantitative estimate of drug-likeness (QED) is 0.174. The van der Waals surface area contributed by atoms with E-state index in [1.165, 1.54) is 0 Å². The molecular weight excluding hydrogens is 623 g/mol. The van der Waals surface area contributed by atoms with Crippen LogP contribution < -0.4 is 0 Å². The molecule has 0 radical (unpaired) electrons. The molecule has 5 aromatic carbocycles. The highest BCUT2D eigenvalue weighted by Crippen LogP contribution is 2.40. The van der Waals surface area contributed by atoms with Crippen LogP contribution in [0.25, 0.3) is 55.7 Å². The summed E-state index contributed by atoms with van der Waals surface area (Å²) in [6.07, 6.45) is 16.6. The zero-order chi connectivity index (χ0) is 35.1. The lowest BCUT2D eigenvalue weighted by molar-refractivity contribution is 0.839. The molecule has 0 saturated heterocycles. The maximum absolute atomic E-state index is 10.0. The molecule has 0 amide bonds. The third kappa shape index (κ3) is 5.10. The Morgan fingerprint density at radius 3 is 2.33 bits per heavy atom. The first kappa shape index (κ1) is 31.0. The van der Waals surface area contributed by atoms with Gasteiger partial charge in [0.15, 0.2) is 0 Å². The number of hydrogen-bond acceptors (Lipinski definition) is 3. The van der Waals surface area contributed by atoms with Gasteiger partial charge in [0.05, 0.1) is 51.4 Å². The largest absolute Gasteiger partial charge is 0.313 e. The molecule has 5 nitrogen and oxygen atoms in total. The van der Waals surface area contributed by atoms with Crippen LogP contribution in [-0.2, 0) is 0 Å². The first-order chi connectivity index (χ1) is 25.0. The van der Waals surface area contributed by atoms with E-state index in [9.17, 15) is 15.8 Å². The van der Waals surface area contributed by atoms with Crippen molar-refractivity contribution < 1.29 is 0 Å². The summed E-state index contributed by atoms with van der Waals surface area (Å²) in [5, 5.41) is 32.6. The summed E-state index contributed by atoms with van der Waals surface area (Å²) in [6.45, 7) is 2.04. The second-order valence-electron chi connectivity index (χ2n) is 12.6. The molecule has 0 spiro atoms. The number of hydrogen-bond donors (Lipinski definition) is 0. The van der Waals surface area contributed by atoms with Crippen molar-refractivity contribution in [3.05, 3.63) is 167 Å². The van der Waals surface area contributed by atoms with Gasteiger partial charge in [0.2, 0.25) is 0 Å². The van der Waals surface area contributed by atoms with Crippen LogP contribution in [0.15, 0.2) is 127 Å². The van der Waals surface area contributed by atoms with Crippen molar-refractivity contribution in [2.24, 2.45) is 0 Å². The molecule has 1 unspecified atom stereocenters. The van der Waals surface area contributed by atoms with Crippen molar-refractivity contribution in [1.29, 1.82) is 15.8 Å². The van der Waals surface area contributed by atoms with Gasteiger partial charge in [-0.1, -0.05) is 60.5 Å². The lowest BCUT2D eigenvalue weighted by Crippen LogP contribution is -2.07. The molecule has 5 heteroatoms. The zero-order valence-electron chi connectivity index (χ0n) is 27.8. The van der Waals surface area contributed by atoms with Gasteiger partial charge in [0.1, 0.15) is 0 Å². The fourth-order valence-electron chi connectivity index (χ4n) is 7.59. The van der Waals surface area contributed by atoms with Gasteiger partial charge in [-0.15, -0.1) is 6.42 Å². The minimum Gasteiger partial charge on any atom is -0.313 e. The van der Waals surface area contributed by atoms with Crippen LogP contribution in [0.2, 0.25) is 0 Å². The molecule has 0 aliphatic heterocycles. The number of aromatic nitrogens is 2. The van der Waals surface area contributed by atoms with Crippen LogP contribution in [0.3, 0.4) is 0 Å². The highest BCUT2D eigenvalue weighted by atomic mass is 15.0. The van der Waals surface area contributed by atoms with Gasteiger partial charge in [-0.3, -0.25) is 0 Å². The van der Waals surface area contributed by atoms with Crippen LogP contribution in [0, 0.1) is 53.3 Å². The topological polar surface area (TPSA) is 81.2 Å². The molecule has 51 heavy (non-hydrogen) atoms. The van der Waals surface area contributed by atoms with Gasteiger partial charge in [0, 0.05) is 44.7 Å². The maximum atomic E-state index is 10.0. The molecule has 2 aromatic heterocycles. The van der Waals surface area contributed by atoms with E-state index in [0.717, 1.165) is 78.5 Å². The third-order valence-electron chi connectivity index (χ3n) is 9.85. The number of fused-ring (bicyclic) bond motifs is 4. The van der Waals surface area contributed by atoms with E-state index in [1.54, 1.807) is 6.08 Å². The number of nitriles is 3. The standard InChI is InChI=1S/C46H29N5/c1-3-4-15-38-30(2)50(45-18-9-13-36(29-49)46(38)45)43-21-19-31(27-47)23-40(43)35-12-7-10-33(25-35)34-11-8-14-37(26-34)51-42-17-6-5-16-39(42)41-24-32(28-48)20-22-44(41)51/h1,4-11,13-26,35H,12H2,2H3/b15-4-. The average molecular weight is 652 g/mol. The van der Waals surface area contributed by atoms with Crippen LogP contribution in [0.4, 0.5) is 0 Å². The van der Waals surface area contributed by atoms with Crippen molar-refractivity contribution in [2.45, 2.75) is 19.3 Å². The second kappa shape index (κ2) is 12.6. The smallest absolute Gasteiger partial charge is 0.0998 e. The molecule has 0 bridgehead atoms. The Kier molecular flexibility index (Phi) is 7.67. The molecule has 2 heterocycles. The van der Waals surface area contributed by atoms with E-state index in [0.29, 0.717) is 16.7 Å². The van der Waals surface area contributed by atoms with Crippen molar-refractivity contribution in [2.75, 3.05) is 0 Å². The molecule has 1 aliphatic rings. The van der Waals surface area contributed by atoms with Crippen LogP contribution in [0.1, 0.15) is 51.4 Å². The molecule has 1 aliphatic carbocycles. The second-order valence-corrected chi connectivity index (χ2v) is 12.6. The van der Waals surface area contributed by atoms with E-state index >= 15 is 0 Å². The highest BCUT2D eigenvalue weighted by Gasteiger charge is 2.23. The molecule has 0 N–H and O–H groups in total. The van der Waals surface area contributed by atoms with Gasteiger partial charge in [-0.25, -0.2) is 0 Å². The lowest BCUT2D eigenvalue weighted by Gasteiger charge is -2.23. The van der Waals surface area contributed by atoms with Gasteiger partial charge >= 0.3 is 0 Å². The van der Waals surface area contributed by atoms with Crippen molar-refractivity contribution in [1.82, 2.24) is 9.13 Å². The average Bonchev–Trinajstić information content (AvgIpc) is 3.67. The maximum Gasteiger partial charge on any atom is 0.0998 e. The molecule has 1 atom stereocenters. The summed E-state index contributed by atoms with van der Waals surface area (Å²) in [6, 6.07) is 41.3. The van der Waals surface area contributed by atoms with Crippen LogP contribution >= 0.6 is 0 Å². The van der Waals surface area contributed by atoms with Gasteiger partial charge in [-0.05, 0) is 109 Å². The number of allylic oxidation sites excluding steroid dienone is 5.